The zero-order chi connectivity index (χ0) is 19.6. The molecule has 0 aromatic heterocycles. The normalized spacial score (nSPS) is 16.3. The van der Waals surface area contributed by atoms with Crippen LogP contribution in [0.2, 0.25) is 5.02 Å². The Bertz CT molecular complexity index is 957. The molecule has 3 rings (SSSR count). The van der Waals surface area contributed by atoms with Crippen LogP contribution in [-0.2, 0) is 10.0 Å². The highest BCUT2D eigenvalue weighted by Crippen LogP contribution is 2.26. The van der Waals surface area contributed by atoms with Crippen LogP contribution in [0.25, 0.3) is 0 Å². The fourth-order valence-corrected chi connectivity index (χ4v) is 4.64. The Morgan fingerprint density at radius 1 is 1.19 bits per heavy atom. The summed E-state index contributed by atoms with van der Waals surface area (Å²) < 4.78 is 41.3. The van der Waals surface area contributed by atoms with Crippen molar-refractivity contribution in [3.8, 4) is 0 Å². The van der Waals surface area contributed by atoms with Crippen molar-refractivity contribution in [1.29, 1.82) is 0 Å². The Morgan fingerprint density at radius 3 is 2.52 bits per heavy atom. The number of anilines is 1. The molecule has 0 radical (unpaired) electrons. The van der Waals surface area contributed by atoms with Crippen LogP contribution in [0.15, 0.2) is 47.4 Å². The van der Waals surface area contributed by atoms with Gasteiger partial charge in [0.05, 0.1) is 21.2 Å². The minimum atomic E-state index is -3.78. The van der Waals surface area contributed by atoms with Crippen molar-refractivity contribution in [1.82, 2.24) is 4.31 Å². The maximum absolute atomic E-state index is 14.2. The predicted octanol–water partition coefficient (Wildman–Crippen LogP) is 4.15. The van der Waals surface area contributed by atoms with E-state index in [2.05, 4.69) is 12.2 Å². The predicted molar refractivity (Wildman–Crippen MR) is 103 cm³/mol. The minimum Gasteiger partial charge on any atom is -0.321 e. The van der Waals surface area contributed by atoms with E-state index in [9.17, 15) is 17.6 Å². The number of sulfonamides is 1. The van der Waals surface area contributed by atoms with Gasteiger partial charge in [-0.1, -0.05) is 30.7 Å². The number of piperidine rings is 1. The zero-order valence-electron chi connectivity index (χ0n) is 14.8. The largest absolute Gasteiger partial charge is 0.321 e. The van der Waals surface area contributed by atoms with E-state index in [0.29, 0.717) is 29.7 Å². The number of hydrogen-bond donors (Lipinski definition) is 1. The number of nitrogens with one attached hydrogen (secondary N) is 1. The Morgan fingerprint density at radius 2 is 1.85 bits per heavy atom. The summed E-state index contributed by atoms with van der Waals surface area (Å²) in [7, 11) is -3.78. The number of para-hydroxylation sites is 1. The topological polar surface area (TPSA) is 66.5 Å². The molecule has 5 nitrogen and oxygen atoms in total. The van der Waals surface area contributed by atoms with Gasteiger partial charge in [0, 0.05) is 13.1 Å². The molecule has 144 valence electrons. The molecule has 1 fully saturated rings. The summed E-state index contributed by atoms with van der Waals surface area (Å²) in [6.45, 7) is 2.92. The number of carbonyl (C=O) groups excluding carboxylic acids is 1. The summed E-state index contributed by atoms with van der Waals surface area (Å²) in [6, 6.07) is 9.81. The van der Waals surface area contributed by atoms with Crippen LogP contribution in [0.1, 0.15) is 30.1 Å². The second kappa shape index (κ2) is 7.96. The van der Waals surface area contributed by atoms with Gasteiger partial charge in [0.25, 0.3) is 5.91 Å². The fraction of sp³-hybridized carbons (Fsp3) is 0.316. The van der Waals surface area contributed by atoms with Crippen LogP contribution in [0.4, 0.5) is 10.1 Å². The molecule has 27 heavy (non-hydrogen) atoms. The van der Waals surface area contributed by atoms with E-state index in [1.54, 1.807) is 24.3 Å². The molecule has 1 saturated heterocycles. The van der Waals surface area contributed by atoms with E-state index >= 15 is 0 Å². The summed E-state index contributed by atoms with van der Waals surface area (Å²) in [4.78, 5) is 12.4. The fourth-order valence-electron chi connectivity index (χ4n) is 2.97. The molecule has 0 atom stereocenters. The molecule has 1 N–H and O–H groups in total. The van der Waals surface area contributed by atoms with Gasteiger partial charge in [-0.05, 0) is 49.1 Å². The van der Waals surface area contributed by atoms with Gasteiger partial charge in [0.15, 0.2) is 0 Å². The Kier molecular flexibility index (Phi) is 5.83. The molecule has 2 aromatic carbocycles. The molecule has 1 heterocycles. The number of carbonyl (C=O) groups is 1. The SMILES string of the molecule is CC1CCN(S(=O)(=O)c2ccc(F)c(C(=O)Nc3ccccc3Cl)c2)CC1. The maximum atomic E-state index is 14.2. The van der Waals surface area contributed by atoms with Gasteiger partial charge in [0.2, 0.25) is 10.0 Å². The van der Waals surface area contributed by atoms with Gasteiger partial charge in [-0.15, -0.1) is 0 Å². The highest BCUT2D eigenvalue weighted by Gasteiger charge is 2.29. The first-order valence-corrected chi connectivity index (χ1v) is 10.5. The van der Waals surface area contributed by atoms with E-state index < -0.39 is 21.7 Å². The molecule has 0 aliphatic carbocycles. The van der Waals surface area contributed by atoms with E-state index in [-0.39, 0.29) is 10.5 Å². The lowest BCUT2D eigenvalue weighted by Gasteiger charge is -2.29. The number of nitrogens with zero attached hydrogens (tertiary/aromatic N) is 1. The van der Waals surface area contributed by atoms with Crippen molar-refractivity contribution in [2.45, 2.75) is 24.7 Å². The second-order valence-corrected chi connectivity index (χ2v) is 9.01. The third-order valence-electron chi connectivity index (χ3n) is 4.68. The summed E-state index contributed by atoms with van der Waals surface area (Å²) in [5.74, 6) is -1.09. The maximum Gasteiger partial charge on any atom is 0.258 e. The second-order valence-electron chi connectivity index (χ2n) is 6.66. The molecule has 8 heteroatoms. The van der Waals surface area contributed by atoms with E-state index in [1.807, 2.05) is 0 Å². The number of rotatable bonds is 4. The molecule has 1 aliphatic heterocycles. The first-order valence-electron chi connectivity index (χ1n) is 8.64. The van der Waals surface area contributed by atoms with Crippen molar-refractivity contribution in [2.24, 2.45) is 5.92 Å². The van der Waals surface area contributed by atoms with Crippen molar-refractivity contribution >= 4 is 33.2 Å². The van der Waals surface area contributed by atoms with Crippen LogP contribution in [0, 0.1) is 11.7 Å². The van der Waals surface area contributed by atoms with Gasteiger partial charge in [0.1, 0.15) is 5.82 Å². The highest BCUT2D eigenvalue weighted by atomic mass is 35.5. The lowest BCUT2D eigenvalue weighted by molar-refractivity contribution is 0.102. The Balaban J connectivity index is 1.88. The molecular formula is C19H20ClFN2O3S. The quantitative estimate of drug-likeness (QED) is 0.823. The van der Waals surface area contributed by atoms with Crippen LogP contribution >= 0.6 is 11.6 Å². The first kappa shape index (κ1) is 19.8. The summed E-state index contributed by atoms with van der Waals surface area (Å²) in [6.07, 6.45) is 1.56. The van der Waals surface area contributed by atoms with Crippen LogP contribution in [0.3, 0.4) is 0 Å². The number of hydrogen-bond acceptors (Lipinski definition) is 3. The monoisotopic (exact) mass is 410 g/mol. The van der Waals surface area contributed by atoms with Crippen molar-refractivity contribution < 1.29 is 17.6 Å². The zero-order valence-corrected chi connectivity index (χ0v) is 16.4. The van der Waals surface area contributed by atoms with E-state index in [4.69, 9.17) is 11.6 Å². The van der Waals surface area contributed by atoms with Gasteiger partial charge in [-0.25, -0.2) is 12.8 Å². The molecule has 0 spiro atoms. The number of amides is 1. The molecule has 0 unspecified atom stereocenters. The number of halogens is 2. The van der Waals surface area contributed by atoms with Crippen LogP contribution in [-0.4, -0.2) is 31.7 Å². The molecule has 0 bridgehead atoms. The average Bonchev–Trinajstić information content (AvgIpc) is 2.64. The minimum absolute atomic E-state index is 0.0947. The van der Waals surface area contributed by atoms with Crippen molar-refractivity contribution in [3.05, 3.63) is 58.9 Å². The average molecular weight is 411 g/mol. The van der Waals surface area contributed by atoms with Crippen molar-refractivity contribution in [2.75, 3.05) is 18.4 Å². The highest BCUT2D eigenvalue weighted by molar-refractivity contribution is 7.89. The van der Waals surface area contributed by atoms with Crippen LogP contribution in [0.5, 0.6) is 0 Å². The van der Waals surface area contributed by atoms with Gasteiger partial charge < -0.3 is 5.32 Å². The smallest absolute Gasteiger partial charge is 0.258 e. The third-order valence-corrected chi connectivity index (χ3v) is 6.91. The first-order chi connectivity index (χ1) is 12.8. The van der Waals surface area contributed by atoms with E-state index in [0.717, 1.165) is 25.0 Å². The molecule has 1 amide bonds. The van der Waals surface area contributed by atoms with Gasteiger partial charge in [-0.3, -0.25) is 4.79 Å². The van der Waals surface area contributed by atoms with Crippen molar-refractivity contribution in [3.63, 3.8) is 0 Å². The summed E-state index contributed by atoms with van der Waals surface area (Å²) >= 11 is 6.00. The third kappa shape index (κ3) is 4.31. The summed E-state index contributed by atoms with van der Waals surface area (Å²) in [5.41, 5.74) is -0.0248. The van der Waals surface area contributed by atoms with Gasteiger partial charge >= 0.3 is 0 Å². The summed E-state index contributed by atoms with van der Waals surface area (Å²) in [5, 5.41) is 2.82. The van der Waals surface area contributed by atoms with Crippen LogP contribution < -0.4 is 5.32 Å². The standard InChI is InChI=1S/C19H20ClFN2O3S/c1-13-8-10-23(11-9-13)27(25,26)14-6-7-17(21)15(12-14)19(24)22-18-5-3-2-4-16(18)20/h2-7,12-13H,8-11H2,1H3,(H,22,24). The lowest BCUT2D eigenvalue weighted by Crippen LogP contribution is -2.38. The molecule has 0 saturated carbocycles. The lowest BCUT2D eigenvalue weighted by atomic mass is 10.0. The molecule has 1 aliphatic rings. The number of benzene rings is 2. The van der Waals surface area contributed by atoms with Gasteiger partial charge in [-0.2, -0.15) is 4.31 Å². The molecule has 2 aromatic rings. The molecular weight excluding hydrogens is 391 g/mol. The Labute approximate surface area is 163 Å². The van der Waals surface area contributed by atoms with E-state index in [1.165, 1.54) is 10.4 Å². The Hall–Kier alpha value is -1.96.